The molecular formula is C15H15N5OS. The Labute approximate surface area is 131 Å². The minimum absolute atomic E-state index is 0.223. The zero-order valence-corrected chi connectivity index (χ0v) is 12.8. The standard InChI is InChI=1S/C15H15N5OS/c1-20-10-12(9-18-20)13-5-4-11(7-16-13)8-17-15(21)19-14-3-2-6-22-14/h2-7,9-10H,8H2,1H3,(H2,17,19,21). The quantitative estimate of drug-likeness (QED) is 0.778. The second-order valence-electron chi connectivity index (χ2n) is 4.74. The van der Waals surface area contributed by atoms with E-state index in [2.05, 4.69) is 20.7 Å². The number of thiophene rings is 1. The number of anilines is 1. The van der Waals surface area contributed by atoms with Gasteiger partial charge < -0.3 is 5.32 Å². The number of hydrogen-bond donors (Lipinski definition) is 2. The van der Waals surface area contributed by atoms with Gasteiger partial charge in [0.25, 0.3) is 0 Å². The average molecular weight is 313 g/mol. The van der Waals surface area contributed by atoms with Crippen molar-refractivity contribution in [2.24, 2.45) is 7.05 Å². The van der Waals surface area contributed by atoms with E-state index in [1.807, 2.05) is 42.9 Å². The van der Waals surface area contributed by atoms with Crippen LogP contribution in [0.4, 0.5) is 9.80 Å². The zero-order chi connectivity index (χ0) is 15.4. The summed E-state index contributed by atoms with van der Waals surface area (Å²) in [5.74, 6) is 0. The lowest BCUT2D eigenvalue weighted by Gasteiger charge is -2.06. The fourth-order valence-corrected chi connectivity index (χ4v) is 2.55. The van der Waals surface area contributed by atoms with Crippen molar-refractivity contribution in [1.82, 2.24) is 20.1 Å². The van der Waals surface area contributed by atoms with Crippen molar-refractivity contribution < 1.29 is 4.79 Å². The first-order chi connectivity index (χ1) is 10.7. The van der Waals surface area contributed by atoms with Crippen LogP contribution in [0.2, 0.25) is 0 Å². The number of carbonyl (C=O) groups excluding carboxylic acids is 1. The third-order valence-electron chi connectivity index (χ3n) is 3.04. The highest BCUT2D eigenvalue weighted by atomic mass is 32.1. The Morgan fingerprint density at radius 3 is 2.86 bits per heavy atom. The van der Waals surface area contributed by atoms with Gasteiger partial charge in [-0.15, -0.1) is 11.3 Å². The summed E-state index contributed by atoms with van der Waals surface area (Å²) in [5.41, 5.74) is 2.77. The van der Waals surface area contributed by atoms with E-state index in [0.29, 0.717) is 6.54 Å². The largest absolute Gasteiger partial charge is 0.334 e. The monoisotopic (exact) mass is 313 g/mol. The van der Waals surface area contributed by atoms with Gasteiger partial charge in [0.2, 0.25) is 0 Å². The molecule has 0 aliphatic heterocycles. The SMILES string of the molecule is Cn1cc(-c2ccc(CNC(=O)Nc3cccs3)cn2)cn1. The third kappa shape index (κ3) is 3.50. The van der Waals surface area contributed by atoms with Crippen molar-refractivity contribution in [3.05, 3.63) is 53.8 Å². The maximum absolute atomic E-state index is 11.7. The predicted molar refractivity (Wildman–Crippen MR) is 86.6 cm³/mol. The highest BCUT2D eigenvalue weighted by Gasteiger charge is 2.04. The summed E-state index contributed by atoms with van der Waals surface area (Å²) in [6.45, 7) is 0.428. The predicted octanol–water partition coefficient (Wildman–Crippen LogP) is 2.87. The van der Waals surface area contributed by atoms with Crippen molar-refractivity contribution in [1.29, 1.82) is 0 Å². The van der Waals surface area contributed by atoms with Crippen LogP contribution < -0.4 is 10.6 Å². The van der Waals surface area contributed by atoms with Crippen molar-refractivity contribution in [2.75, 3.05) is 5.32 Å². The van der Waals surface area contributed by atoms with Crippen LogP contribution in [-0.4, -0.2) is 20.8 Å². The van der Waals surface area contributed by atoms with Crippen LogP contribution in [0.3, 0.4) is 0 Å². The van der Waals surface area contributed by atoms with Crippen LogP contribution in [0.1, 0.15) is 5.56 Å². The lowest BCUT2D eigenvalue weighted by atomic mass is 10.2. The molecule has 6 nitrogen and oxygen atoms in total. The molecule has 2 amide bonds. The molecule has 0 saturated heterocycles. The zero-order valence-electron chi connectivity index (χ0n) is 12.0. The summed E-state index contributed by atoms with van der Waals surface area (Å²) in [5, 5.41) is 12.4. The van der Waals surface area contributed by atoms with Gasteiger partial charge in [-0.2, -0.15) is 5.10 Å². The van der Waals surface area contributed by atoms with Crippen molar-refractivity contribution in [3.63, 3.8) is 0 Å². The summed E-state index contributed by atoms with van der Waals surface area (Å²) in [6.07, 6.45) is 5.44. The molecule has 2 N–H and O–H groups in total. The number of nitrogens with one attached hydrogen (secondary N) is 2. The van der Waals surface area contributed by atoms with Gasteiger partial charge in [-0.1, -0.05) is 6.07 Å². The number of urea groups is 1. The van der Waals surface area contributed by atoms with Gasteiger partial charge in [-0.3, -0.25) is 15.0 Å². The van der Waals surface area contributed by atoms with E-state index < -0.39 is 0 Å². The highest BCUT2D eigenvalue weighted by molar-refractivity contribution is 7.14. The van der Waals surface area contributed by atoms with Crippen LogP contribution >= 0.6 is 11.3 Å². The first-order valence-electron chi connectivity index (χ1n) is 6.73. The number of pyridine rings is 1. The molecule has 112 valence electrons. The number of hydrogen-bond acceptors (Lipinski definition) is 4. The first kappa shape index (κ1) is 14.3. The first-order valence-corrected chi connectivity index (χ1v) is 7.61. The lowest BCUT2D eigenvalue weighted by Crippen LogP contribution is -2.27. The molecule has 0 aromatic carbocycles. The molecular weight excluding hydrogens is 298 g/mol. The highest BCUT2D eigenvalue weighted by Crippen LogP contribution is 2.16. The Kier molecular flexibility index (Phi) is 4.15. The van der Waals surface area contributed by atoms with E-state index in [9.17, 15) is 4.79 Å². The number of nitrogens with zero attached hydrogens (tertiary/aromatic N) is 3. The second-order valence-corrected chi connectivity index (χ2v) is 5.69. The number of amides is 2. The molecule has 3 aromatic rings. The Morgan fingerprint density at radius 2 is 2.23 bits per heavy atom. The normalized spacial score (nSPS) is 10.4. The number of carbonyl (C=O) groups is 1. The molecule has 3 heterocycles. The number of rotatable bonds is 4. The van der Waals surface area contributed by atoms with E-state index in [4.69, 9.17) is 0 Å². The molecule has 0 bridgehead atoms. The fourth-order valence-electron chi connectivity index (χ4n) is 1.94. The summed E-state index contributed by atoms with van der Waals surface area (Å²) in [6, 6.07) is 7.39. The van der Waals surface area contributed by atoms with Gasteiger partial charge in [0, 0.05) is 31.5 Å². The molecule has 0 spiro atoms. The molecule has 0 atom stereocenters. The fraction of sp³-hybridized carbons (Fsp3) is 0.133. The van der Waals surface area contributed by atoms with Crippen LogP contribution in [0.15, 0.2) is 48.2 Å². The second kappa shape index (κ2) is 6.40. The Balaban J connectivity index is 1.56. The lowest BCUT2D eigenvalue weighted by molar-refractivity contribution is 0.252. The summed E-state index contributed by atoms with van der Waals surface area (Å²) >= 11 is 1.48. The van der Waals surface area contributed by atoms with Crippen LogP contribution in [0.25, 0.3) is 11.3 Å². The van der Waals surface area contributed by atoms with E-state index in [1.165, 1.54) is 11.3 Å². The van der Waals surface area contributed by atoms with Crippen LogP contribution in [0.5, 0.6) is 0 Å². The number of aromatic nitrogens is 3. The summed E-state index contributed by atoms with van der Waals surface area (Å²) < 4.78 is 1.74. The minimum atomic E-state index is -0.223. The van der Waals surface area contributed by atoms with E-state index in [0.717, 1.165) is 21.8 Å². The topological polar surface area (TPSA) is 71.8 Å². The number of aryl methyl sites for hydroxylation is 1. The maximum Gasteiger partial charge on any atom is 0.320 e. The molecule has 0 unspecified atom stereocenters. The van der Waals surface area contributed by atoms with Crippen molar-refractivity contribution in [3.8, 4) is 11.3 Å². The van der Waals surface area contributed by atoms with Gasteiger partial charge in [0.15, 0.2) is 0 Å². The Bertz CT molecular complexity index is 749. The minimum Gasteiger partial charge on any atom is -0.334 e. The molecule has 0 aliphatic carbocycles. The molecule has 0 radical (unpaired) electrons. The molecule has 3 aromatic heterocycles. The van der Waals surface area contributed by atoms with Gasteiger partial charge in [0.1, 0.15) is 0 Å². The molecule has 0 saturated carbocycles. The van der Waals surface area contributed by atoms with Crippen LogP contribution in [0, 0.1) is 0 Å². The third-order valence-corrected chi connectivity index (χ3v) is 3.82. The Morgan fingerprint density at radius 1 is 1.32 bits per heavy atom. The Hall–Kier alpha value is -2.67. The summed E-state index contributed by atoms with van der Waals surface area (Å²) in [4.78, 5) is 16.1. The van der Waals surface area contributed by atoms with Crippen molar-refractivity contribution in [2.45, 2.75) is 6.54 Å². The molecule has 0 fully saturated rings. The summed E-state index contributed by atoms with van der Waals surface area (Å²) in [7, 11) is 1.87. The smallest absolute Gasteiger partial charge is 0.320 e. The van der Waals surface area contributed by atoms with E-state index in [1.54, 1.807) is 17.1 Å². The molecule has 0 aliphatic rings. The van der Waals surface area contributed by atoms with E-state index >= 15 is 0 Å². The van der Waals surface area contributed by atoms with E-state index in [-0.39, 0.29) is 6.03 Å². The molecule has 22 heavy (non-hydrogen) atoms. The van der Waals surface area contributed by atoms with Gasteiger partial charge in [0.05, 0.1) is 16.9 Å². The molecule has 7 heteroatoms. The van der Waals surface area contributed by atoms with Gasteiger partial charge >= 0.3 is 6.03 Å². The average Bonchev–Trinajstić information content (AvgIpc) is 3.17. The molecule has 3 rings (SSSR count). The van der Waals surface area contributed by atoms with Crippen molar-refractivity contribution >= 4 is 22.4 Å². The van der Waals surface area contributed by atoms with Gasteiger partial charge in [-0.25, -0.2) is 4.79 Å². The maximum atomic E-state index is 11.7. The van der Waals surface area contributed by atoms with Crippen LogP contribution in [-0.2, 0) is 13.6 Å². The van der Waals surface area contributed by atoms with Gasteiger partial charge in [-0.05, 0) is 29.1 Å².